The van der Waals surface area contributed by atoms with Crippen LogP contribution in [0.15, 0.2) is 45.6 Å². The van der Waals surface area contributed by atoms with Crippen molar-refractivity contribution >= 4 is 11.0 Å². The quantitative estimate of drug-likeness (QED) is 0.684. The van der Waals surface area contributed by atoms with Gasteiger partial charge >= 0.3 is 5.63 Å². The molecule has 0 fully saturated rings. The predicted molar refractivity (Wildman–Crippen MR) is 98.4 cm³/mol. The van der Waals surface area contributed by atoms with Gasteiger partial charge < -0.3 is 23.7 Å². The summed E-state index contributed by atoms with van der Waals surface area (Å²) in [7, 11) is 4.63. The second-order valence-corrected chi connectivity index (χ2v) is 5.64. The van der Waals surface area contributed by atoms with E-state index in [0.29, 0.717) is 45.9 Å². The van der Waals surface area contributed by atoms with Crippen LogP contribution < -0.4 is 19.8 Å². The van der Waals surface area contributed by atoms with Crippen LogP contribution in [0, 0.1) is 0 Å². The lowest BCUT2D eigenvalue weighted by atomic mass is 9.95. The van der Waals surface area contributed by atoms with Crippen LogP contribution in [-0.4, -0.2) is 33.0 Å². The van der Waals surface area contributed by atoms with E-state index in [1.54, 1.807) is 44.6 Å². The molecule has 6 nitrogen and oxygen atoms in total. The fourth-order valence-corrected chi connectivity index (χ4v) is 3.02. The Labute approximate surface area is 150 Å². The van der Waals surface area contributed by atoms with Gasteiger partial charge in [-0.25, -0.2) is 4.79 Å². The summed E-state index contributed by atoms with van der Waals surface area (Å²) >= 11 is 0. The summed E-state index contributed by atoms with van der Waals surface area (Å²) in [6.07, 6.45) is 0.305. The lowest BCUT2D eigenvalue weighted by Crippen LogP contribution is -2.10. The Morgan fingerprint density at radius 2 is 1.65 bits per heavy atom. The van der Waals surface area contributed by atoms with Gasteiger partial charge in [0.05, 0.1) is 26.9 Å². The van der Waals surface area contributed by atoms with E-state index < -0.39 is 5.63 Å². The molecule has 0 saturated heterocycles. The summed E-state index contributed by atoms with van der Waals surface area (Å²) in [6.45, 7) is -0.101. The average Bonchev–Trinajstić information content (AvgIpc) is 2.67. The summed E-state index contributed by atoms with van der Waals surface area (Å²) < 4.78 is 21.4. The zero-order valence-electron chi connectivity index (χ0n) is 14.9. The summed E-state index contributed by atoms with van der Waals surface area (Å²) in [5.74, 6) is 1.69. The second kappa shape index (κ2) is 7.49. The highest BCUT2D eigenvalue weighted by Gasteiger charge is 2.20. The van der Waals surface area contributed by atoms with E-state index in [1.165, 1.54) is 7.11 Å². The molecule has 0 atom stereocenters. The fraction of sp³-hybridized carbons (Fsp3) is 0.250. The molecule has 0 amide bonds. The van der Waals surface area contributed by atoms with E-state index in [-0.39, 0.29) is 6.61 Å². The number of aliphatic hydroxyl groups is 1. The van der Waals surface area contributed by atoms with Crippen LogP contribution in [0.3, 0.4) is 0 Å². The Bertz CT molecular complexity index is 989. The van der Waals surface area contributed by atoms with Gasteiger partial charge in [-0.05, 0) is 36.2 Å². The number of methoxy groups -OCH3 is 3. The number of hydrogen-bond acceptors (Lipinski definition) is 6. The third-order valence-corrected chi connectivity index (χ3v) is 4.26. The minimum absolute atomic E-state index is 0.101. The zero-order chi connectivity index (χ0) is 18.7. The summed E-state index contributed by atoms with van der Waals surface area (Å²) in [6, 6.07) is 10.5. The fourth-order valence-electron chi connectivity index (χ4n) is 3.02. The van der Waals surface area contributed by atoms with Crippen molar-refractivity contribution in [3.8, 4) is 28.4 Å². The highest BCUT2D eigenvalue weighted by molar-refractivity contribution is 5.89. The van der Waals surface area contributed by atoms with Crippen LogP contribution in [-0.2, 0) is 6.42 Å². The third kappa shape index (κ3) is 3.11. The van der Waals surface area contributed by atoms with Gasteiger partial charge in [0.1, 0.15) is 22.8 Å². The molecular formula is C20H20O6. The Hall–Kier alpha value is -2.99. The average molecular weight is 356 g/mol. The van der Waals surface area contributed by atoms with E-state index in [4.69, 9.17) is 18.6 Å². The highest BCUT2D eigenvalue weighted by atomic mass is 16.5. The van der Waals surface area contributed by atoms with Crippen molar-refractivity contribution in [3.05, 3.63) is 52.4 Å². The van der Waals surface area contributed by atoms with Gasteiger partial charge in [-0.3, -0.25) is 0 Å². The van der Waals surface area contributed by atoms with Gasteiger partial charge in [0.25, 0.3) is 0 Å². The first-order chi connectivity index (χ1) is 12.6. The van der Waals surface area contributed by atoms with Crippen molar-refractivity contribution in [3.63, 3.8) is 0 Å². The van der Waals surface area contributed by atoms with Gasteiger partial charge in [-0.15, -0.1) is 0 Å². The van der Waals surface area contributed by atoms with Crippen molar-refractivity contribution in [1.29, 1.82) is 0 Å². The van der Waals surface area contributed by atoms with E-state index in [0.717, 1.165) is 5.39 Å². The SMILES string of the molecule is COc1ccc(-c2c(CCO)c3ccc(OC)cc3oc2=O)c(OC)c1. The highest BCUT2D eigenvalue weighted by Crippen LogP contribution is 2.36. The zero-order valence-corrected chi connectivity index (χ0v) is 14.9. The first-order valence-electron chi connectivity index (χ1n) is 8.10. The number of ether oxygens (including phenoxy) is 3. The summed E-state index contributed by atoms with van der Waals surface area (Å²) in [5, 5.41) is 10.3. The molecule has 1 heterocycles. The molecule has 26 heavy (non-hydrogen) atoms. The molecule has 0 radical (unpaired) electrons. The van der Waals surface area contributed by atoms with Gasteiger partial charge in [0, 0.05) is 29.7 Å². The summed E-state index contributed by atoms with van der Waals surface area (Å²) in [5.41, 5.74) is 1.57. The summed E-state index contributed by atoms with van der Waals surface area (Å²) in [4.78, 5) is 12.8. The van der Waals surface area contributed by atoms with Crippen LogP contribution in [0.4, 0.5) is 0 Å². The molecule has 1 aromatic heterocycles. The van der Waals surface area contributed by atoms with Crippen molar-refractivity contribution in [2.75, 3.05) is 27.9 Å². The van der Waals surface area contributed by atoms with Gasteiger partial charge in [0.2, 0.25) is 0 Å². The first-order valence-corrected chi connectivity index (χ1v) is 8.10. The monoisotopic (exact) mass is 356 g/mol. The maximum absolute atomic E-state index is 12.8. The number of hydrogen-bond donors (Lipinski definition) is 1. The molecule has 6 heteroatoms. The van der Waals surface area contributed by atoms with E-state index in [1.807, 2.05) is 6.07 Å². The number of aliphatic hydroxyl groups excluding tert-OH is 1. The molecule has 0 unspecified atom stereocenters. The predicted octanol–water partition coefficient (Wildman–Crippen LogP) is 3.02. The normalized spacial score (nSPS) is 10.8. The van der Waals surface area contributed by atoms with E-state index in [9.17, 15) is 9.90 Å². The smallest absolute Gasteiger partial charge is 0.344 e. The molecule has 1 N–H and O–H groups in total. The minimum atomic E-state index is -0.502. The molecule has 3 rings (SSSR count). The Kier molecular flexibility index (Phi) is 5.14. The number of benzene rings is 2. The van der Waals surface area contributed by atoms with Gasteiger partial charge in [-0.2, -0.15) is 0 Å². The van der Waals surface area contributed by atoms with Crippen LogP contribution in [0.2, 0.25) is 0 Å². The Morgan fingerprint density at radius 3 is 2.31 bits per heavy atom. The van der Waals surface area contributed by atoms with Crippen molar-refractivity contribution in [1.82, 2.24) is 0 Å². The van der Waals surface area contributed by atoms with Crippen molar-refractivity contribution < 1.29 is 23.7 Å². The number of fused-ring (bicyclic) bond motifs is 1. The molecule has 0 bridgehead atoms. The lowest BCUT2D eigenvalue weighted by molar-refractivity contribution is 0.300. The first kappa shape index (κ1) is 17.8. The molecular weight excluding hydrogens is 336 g/mol. The largest absolute Gasteiger partial charge is 0.497 e. The molecule has 2 aromatic carbocycles. The Morgan fingerprint density at radius 1 is 0.962 bits per heavy atom. The van der Waals surface area contributed by atoms with Gasteiger partial charge in [0.15, 0.2) is 0 Å². The van der Waals surface area contributed by atoms with Crippen molar-refractivity contribution in [2.24, 2.45) is 0 Å². The topological polar surface area (TPSA) is 78.1 Å². The maximum Gasteiger partial charge on any atom is 0.344 e. The van der Waals surface area contributed by atoms with Crippen LogP contribution in [0.1, 0.15) is 5.56 Å². The maximum atomic E-state index is 12.8. The minimum Gasteiger partial charge on any atom is -0.497 e. The third-order valence-electron chi connectivity index (χ3n) is 4.26. The lowest BCUT2D eigenvalue weighted by Gasteiger charge is -2.15. The standard InChI is InChI=1S/C20H20O6/c1-23-12-5-7-16(17(10-12)25-3)19-15(8-9-21)14-6-4-13(24-2)11-18(14)26-20(19)22/h4-7,10-11,21H,8-9H2,1-3H3. The second-order valence-electron chi connectivity index (χ2n) is 5.64. The van der Waals surface area contributed by atoms with Crippen molar-refractivity contribution in [2.45, 2.75) is 6.42 Å². The molecule has 0 saturated carbocycles. The van der Waals surface area contributed by atoms with Crippen LogP contribution in [0.25, 0.3) is 22.1 Å². The molecule has 0 aliphatic heterocycles. The molecule has 3 aromatic rings. The molecule has 0 spiro atoms. The Balaban J connectivity index is 2.34. The molecule has 136 valence electrons. The van der Waals surface area contributed by atoms with Gasteiger partial charge in [-0.1, -0.05) is 0 Å². The van der Waals surface area contributed by atoms with Crippen LogP contribution >= 0.6 is 0 Å². The number of rotatable bonds is 6. The molecule has 0 aliphatic rings. The van der Waals surface area contributed by atoms with E-state index >= 15 is 0 Å². The van der Waals surface area contributed by atoms with E-state index in [2.05, 4.69) is 0 Å². The molecule has 0 aliphatic carbocycles. The van der Waals surface area contributed by atoms with Crippen LogP contribution in [0.5, 0.6) is 17.2 Å².